The van der Waals surface area contributed by atoms with E-state index < -0.39 is 34.9 Å². The summed E-state index contributed by atoms with van der Waals surface area (Å²) in [6.07, 6.45) is 0.755. The Labute approximate surface area is 119 Å². The van der Waals surface area contributed by atoms with E-state index in [1.807, 2.05) is 6.92 Å². The molecule has 0 aromatic heterocycles. The number of nitrogens with zero attached hydrogens (tertiary/aromatic N) is 1. The van der Waals surface area contributed by atoms with E-state index in [1.165, 1.54) is 6.07 Å². The normalized spacial score (nSPS) is 19.7. The highest BCUT2D eigenvalue weighted by atomic mass is 19.1. The van der Waals surface area contributed by atoms with Gasteiger partial charge in [0.15, 0.2) is 6.61 Å². The lowest BCUT2D eigenvalue weighted by Gasteiger charge is -2.06. The minimum atomic E-state index is -0.993. The second-order valence-electron chi connectivity index (χ2n) is 4.90. The van der Waals surface area contributed by atoms with Crippen molar-refractivity contribution in [1.29, 1.82) is 0 Å². The third kappa shape index (κ3) is 3.74. The zero-order valence-corrected chi connectivity index (χ0v) is 11.2. The molecule has 0 saturated heterocycles. The van der Waals surface area contributed by atoms with Gasteiger partial charge in [-0.15, -0.1) is 0 Å². The number of ether oxygens (including phenoxy) is 1. The van der Waals surface area contributed by atoms with Crippen LogP contribution in [0.5, 0.6) is 0 Å². The van der Waals surface area contributed by atoms with E-state index >= 15 is 0 Å². The van der Waals surface area contributed by atoms with Gasteiger partial charge in [-0.2, -0.15) is 4.39 Å². The van der Waals surface area contributed by atoms with Gasteiger partial charge in [-0.1, -0.05) is 6.92 Å². The summed E-state index contributed by atoms with van der Waals surface area (Å²) in [5, 5.41) is 12.9. The van der Waals surface area contributed by atoms with Gasteiger partial charge in [-0.25, -0.2) is 0 Å². The van der Waals surface area contributed by atoms with E-state index in [2.05, 4.69) is 5.32 Å². The number of anilines is 1. The van der Waals surface area contributed by atoms with E-state index in [0.29, 0.717) is 0 Å². The van der Waals surface area contributed by atoms with Gasteiger partial charge in [0.2, 0.25) is 5.82 Å². The predicted molar refractivity (Wildman–Crippen MR) is 69.9 cm³/mol. The molecule has 2 unspecified atom stereocenters. The molecule has 8 heteroatoms. The van der Waals surface area contributed by atoms with Crippen molar-refractivity contribution in [3.63, 3.8) is 0 Å². The number of nitro benzene ring substituents is 1. The van der Waals surface area contributed by atoms with Crippen LogP contribution in [-0.2, 0) is 14.3 Å². The van der Waals surface area contributed by atoms with Crippen molar-refractivity contribution in [3.05, 3.63) is 34.1 Å². The molecule has 112 valence electrons. The molecule has 0 spiro atoms. The summed E-state index contributed by atoms with van der Waals surface area (Å²) >= 11 is 0. The zero-order valence-electron chi connectivity index (χ0n) is 11.2. The number of nitro groups is 1. The molecule has 0 heterocycles. The van der Waals surface area contributed by atoms with Crippen molar-refractivity contribution >= 4 is 23.3 Å². The molecule has 21 heavy (non-hydrogen) atoms. The Morgan fingerprint density at radius 1 is 1.52 bits per heavy atom. The van der Waals surface area contributed by atoms with Gasteiger partial charge < -0.3 is 10.1 Å². The summed E-state index contributed by atoms with van der Waals surface area (Å²) in [5.74, 6) is -1.93. The summed E-state index contributed by atoms with van der Waals surface area (Å²) in [6.45, 7) is 1.43. The number of halogens is 1. The van der Waals surface area contributed by atoms with E-state index in [-0.39, 0.29) is 17.5 Å². The van der Waals surface area contributed by atoms with Crippen LogP contribution >= 0.6 is 0 Å². The molecule has 0 bridgehead atoms. The second kappa shape index (κ2) is 5.86. The third-order valence-electron chi connectivity index (χ3n) is 3.18. The Morgan fingerprint density at radius 3 is 2.76 bits per heavy atom. The van der Waals surface area contributed by atoms with Gasteiger partial charge in [-0.3, -0.25) is 19.7 Å². The number of carbonyl (C=O) groups excluding carboxylic acids is 2. The van der Waals surface area contributed by atoms with Gasteiger partial charge in [0.25, 0.3) is 5.91 Å². The number of amides is 1. The largest absolute Gasteiger partial charge is 0.455 e. The number of rotatable bonds is 5. The van der Waals surface area contributed by atoms with Crippen LogP contribution < -0.4 is 5.32 Å². The maximum absolute atomic E-state index is 13.1. The van der Waals surface area contributed by atoms with E-state index in [9.17, 15) is 24.1 Å². The maximum atomic E-state index is 13.1. The molecule has 1 N–H and O–H groups in total. The fraction of sp³-hybridized carbons (Fsp3) is 0.385. The molecule has 1 amide bonds. The molecular weight excluding hydrogens is 283 g/mol. The van der Waals surface area contributed by atoms with Gasteiger partial charge >= 0.3 is 11.7 Å². The summed E-state index contributed by atoms with van der Waals surface area (Å²) in [5.41, 5.74) is -0.680. The Hall–Kier alpha value is -2.51. The van der Waals surface area contributed by atoms with Crippen LogP contribution in [0.4, 0.5) is 15.8 Å². The molecule has 1 aliphatic rings. The number of carbonyl (C=O) groups is 2. The first kappa shape index (κ1) is 14.9. The average molecular weight is 296 g/mol. The Bertz CT molecular complexity index is 604. The number of benzene rings is 1. The van der Waals surface area contributed by atoms with Gasteiger partial charge in [0.05, 0.1) is 10.8 Å². The lowest BCUT2D eigenvalue weighted by Crippen LogP contribution is -2.21. The van der Waals surface area contributed by atoms with Gasteiger partial charge in [0, 0.05) is 11.8 Å². The Kier molecular flexibility index (Phi) is 4.15. The minimum absolute atomic E-state index is 0.0592. The fourth-order valence-corrected chi connectivity index (χ4v) is 1.82. The predicted octanol–water partition coefficient (Wildman–Crippen LogP) is 1.87. The average Bonchev–Trinajstić information content (AvgIpc) is 3.15. The quantitative estimate of drug-likeness (QED) is 0.508. The zero-order chi connectivity index (χ0) is 15.6. The highest BCUT2D eigenvalue weighted by molar-refractivity contribution is 5.93. The summed E-state index contributed by atoms with van der Waals surface area (Å²) in [6, 6.07) is 2.97. The van der Waals surface area contributed by atoms with Crippen LogP contribution in [0.25, 0.3) is 0 Å². The molecule has 1 aliphatic carbocycles. The highest BCUT2D eigenvalue weighted by Crippen LogP contribution is 2.38. The standard InChI is InChI=1S/C13H13FN2O5/c1-7-4-9(7)13(18)21-6-12(17)15-8-2-3-10(14)11(5-8)16(19)20/h2-3,5,7,9H,4,6H2,1H3,(H,15,17). The van der Waals surface area contributed by atoms with Crippen molar-refractivity contribution < 1.29 is 23.6 Å². The topological polar surface area (TPSA) is 98.5 Å². The van der Waals surface area contributed by atoms with Crippen molar-refractivity contribution in [2.75, 3.05) is 11.9 Å². The first-order chi connectivity index (χ1) is 9.88. The van der Waals surface area contributed by atoms with Crippen molar-refractivity contribution in [2.24, 2.45) is 11.8 Å². The number of nitrogens with one attached hydrogen (secondary N) is 1. The van der Waals surface area contributed by atoms with E-state index in [1.54, 1.807) is 0 Å². The molecule has 1 aromatic rings. The van der Waals surface area contributed by atoms with E-state index in [4.69, 9.17) is 4.74 Å². The maximum Gasteiger partial charge on any atom is 0.309 e. The fourth-order valence-electron chi connectivity index (χ4n) is 1.82. The van der Waals surface area contributed by atoms with Crippen LogP contribution in [0.2, 0.25) is 0 Å². The lowest BCUT2D eigenvalue weighted by atomic mass is 10.2. The SMILES string of the molecule is CC1CC1C(=O)OCC(=O)Nc1ccc(F)c([N+](=O)[O-])c1. The van der Waals surface area contributed by atoms with Crippen LogP contribution in [0.15, 0.2) is 18.2 Å². The second-order valence-corrected chi connectivity index (χ2v) is 4.90. The monoisotopic (exact) mass is 296 g/mol. The smallest absolute Gasteiger partial charge is 0.309 e. The number of esters is 1. The van der Waals surface area contributed by atoms with Crippen molar-refractivity contribution in [3.8, 4) is 0 Å². The first-order valence-electron chi connectivity index (χ1n) is 6.29. The van der Waals surface area contributed by atoms with Crippen LogP contribution in [0, 0.1) is 27.8 Å². The van der Waals surface area contributed by atoms with Crippen molar-refractivity contribution in [1.82, 2.24) is 0 Å². The third-order valence-corrected chi connectivity index (χ3v) is 3.18. The lowest BCUT2D eigenvalue weighted by molar-refractivity contribution is -0.387. The molecule has 2 rings (SSSR count). The summed E-state index contributed by atoms with van der Waals surface area (Å²) in [7, 11) is 0. The molecule has 0 aliphatic heterocycles. The molecule has 7 nitrogen and oxygen atoms in total. The van der Waals surface area contributed by atoms with Crippen LogP contribution in [0.3, 0.4) is 0 Å². The molecule has 1 saturated carbocycles. The molecule has 1 fully saturated rings. The van der Waals surface area contributed by atoms with E-state index in [0.717, 1.165) is 18.6 Å². The summed E-state index contributed by atoms with van der Waals surface area (Å²) < 4.78 is 17.9. The molecule has 2 atom stereocenters. The van der Waals surface area contributed by atoms with Gasteiger partial charge in [-0.05, 0) is 24.5 Å². The Balaban J connectivity index is 1.89. The first-order valence-corrected chi connectivity index (χ1v) is 6.29. The van der Waals surface area contributed by atoms with Gasteiger partial charge in [0.1, 0.15) is 0 Å². The molecule has 1 aromatic carbocycles. The highest BCUT2D eigenvalue weighted by Gasteiger charge is 2.40. The number of hydrogen-bond donors (Lipinski definition) is 1. The molecule has 0 radical (unpaired) electrons. The summed E-state index contributed by atoms with van der Waals surface area (Å²) in [4.78, 5) is 32.7. The Morgan fingerprint density at radius 2 is 2.19 bits per heavy atom. The van der Waals surface area contributed by atoms with Crippen LogP contribution in [0.1, 0.15) is 13.3 Å². The van der Waals surface area contributed by atoms with Crippen LogP contribution in [-0.4, -0.2) is 23.4 Å². The molecular formula is C13H13FN2O5. The number of hydrogen-bond acceptors (Lipinski definition) is 5. The van der Waals surface area contributed by atoms with Crippen molar-refractivity contribution in [2.45, 2.75) is 13.3 Å². The minimum Gasteiger partial charge on any atom is -0.455 e.